The van der Waals surface area contributed by atoms with Gasteiger partial charge in [0.05, 0.1) is 18.1 Å². The molecule has 18 heavy (non-hydrogen) atoms. The number of aliphatic hydroxyl groups excluding tert-OH is 1. The Morgan fingerprint density at radius 2 is 2.22 bits per heavy atom. The smallest absolute Gasteiger partial charge is 0.109 e. The zero-order valence-electron chi connectivity index (χ0n) is 11.2. The summed E-state index contributed by atoms with van der Waals surface area (Å²) < 4.78 is 7.29. The summed E-state index contributed by atoms with van der Waals surface area (Å²) in [6.45, 7) is 6.87. The lowest BCUT2D eigenvalue weighted by Gasteiger charge is -2.11. The number of hydrogen-bond donors (Lipinski definition) is 1. The average molecular weight is 248 g/mol. The highest BCUT2D eigenvalue weighted by Gasteiger charge is 2.17. The van der Waals surface area contributed by atoms with E-state index in [9.17, 15) is 5.11 Å². The van der Waals surface area contributed by atoms with Gasteiger partial charge in [0, 0.05) is 30.6 Å². The maximum absolute atomic E-state index is 10.3. The van der Waals surface area contributed by atoms with E-state index in [1.54, 1.807) is 6.26 Å². The fraction of sp³-hybridized carbons (Fsp3) is 0.500. The summed E-state index contributed by atoms with van der Waals surface area (Å²) in [6, 6.07) is 3.88. The molecule has 0 saturated carbocycles. The zero-order valence-corrected chi connectivity index (χ0v) is 11.2. The molecule has 0 aliphatic heterocycles. The third kappa shape index (κ3) is 2.48. The van der Waals surface area contributed by atoms with Crippen molar-refractivity contribution in [2.45, 2.75) is 46.3 Å². The van der Waals surface area contributed by atoms with Crippen LogP contribution in [0.3, 0.4) is 0 Å². The Labute approximate surface area is 107 Å². The Morgan fingerprint density at radius 1 is 1.44 bits per heavy atom. The van der Waals surface area contributed by atoms with E-state index >= 15 is 0 Å². The standard InChI is InChI=1S/C14H20N2O2/c1-4-14-12(6-7-18-14)13(17)9-11-8-10(3)15-16(11)5-2/h6-8,13,17H,4-5,9H2,1-3H3. The van der Waals surface area contributed by atoms with Crippen molar-refractivity contribution < 1.29 is 9.52 Å². The van der Waals surface area contributed by atoms with E-state index in [0.717, 1.165) is 35.7 Å². The third-order valence-electron chi connectivity index (χ3n) is 3.15. The zero-order chi connectivity index (χ0) is 13.1. The Morgan fingerprint density at radius 3 is 2.89 bits per heavy atom. The van der Waals surface area contributed by atoms with Gasteiger partial charge in [-0.25, -0.2) is 0 Å². The molecule has 0 saturated heterocycles. The number of nitrogens with zero attached hydrogens (tertiary/aromatic N) is 2. The first-order valence-corrected chi connectivity index (χ1v) is 6.43. The number of aliphatic hydroxyl groups is 1. The van der Waals surface area contributed by atoms with Crippen molar-refractivity contribution in [3.05, 3.63) is 41.1 Å². The molecule has 2 rings (SSSR count). The van der Waals surface area contributed by atoms with Gasteiger partial charge in [-0.3, -0.25) is 4.68 Å². The van der Waals surface area contributed by atoms with Crippen molar-refractivity contribution >= 4 is 0 Å². The lowest BCUT2D eigenvalue weighted by molar-refractivity contribution is 0.173. The van der Waals surface area contributed by atoms with Gasteiger partial charge >= 0.3 is 0 Å². The molecule has 0 fully saturated rings. The summed E-state index contributed by atoms with van der Waals surface area (Å²) >= 11 is 0. The molecule has 0 aliphatic carbocycles. The van der Waals surface area contributed by atoms with Crippen LogP contribution in [0.1, 0.15) is 42.7 Å². The summed E-state index contributed by atoms with van der Waals surface area (Å²) in [5.41, 5.74) is 2.94. The highest BCUT2D eigenvalue weighted by atomic mass is 16.3. The Bertz CT molecular complexity index is 514. The van der Waals surface area contributed by atoms with Gasteiger partial charge < -0.3 is 9.52 Å². The van der Waals surface area contributed by atoms with Gasteiger partial charge in [0.2, 0.25) is 0 Å². The van der Waals surface area contributed by atoms with Crippen LogP contribution in [0.5, 0.6) is 0 Å². The van der Waals surface area contributed by atoms with Crippen LogP contribution in [0.4, 0.5) is 0 Å². The quantitative estimate of drug-likeness (QED) is 0.885. The molecule has 0 amide bonds. The van der Waals surface area contributed by atoms with Gasteiger partial charge in [0.25, 0.3) is 0 Å². The van der Waals surface area contributed by atoms with Crippen LogP contribution in [0.2, 0.25) is 0 Å². The van der Waals surface area contributed by atoms with E-state index < -0.39 is 6.10 Å². The lowest BCUT2D eigenvalue weighted by atomic mass is 10.0. The summed E-state index contributed by atoms with van der Waals surface area (Å²) in [5, 5.41) is 14.7. The molecule has 1 unspecified atom stereocenters. The Hall–Kier alpha value is -1.55. The fourth-order valence-corrected chi connectivity index (χ4v) is 2.28. The second-order valence-corrected chi connectivity index (χ2v) is 4.47. The van der Waals surface area contributed by atoms with Crippen LogP contribution in [0.25, 0.3) is 0 Å². The van der Waals surface area contributed by atoms with Crippen molar-refractivity contribution in [2.24, 2.45) is 0 Å². The topological polar surface area (TPSA) is 51.2 Å². The second kappa shape index (κ2) is 5.40. The molecule has 2 aromatic rings. The maximum Gasteiger partial charge on any atom is 0.109 e. The summed E-state index contributed by atoms with van der Waals surface area (Å²) in [4.78, 5) is 0. The van der Waals surface area contributed by atoms with Crippen LogP contribution >= 0.6 is 0 Å². The van der Waals surface area contributed by atoms with Crippen molar-refractivity contribution in [1.82, 2.24) is 9.78 Å². The van der Waals surface area contributed by atoms with E-state index in [0.29, 0.717) is 6.42 Å². The minimum Gasteiger partial charge on any atom is -0.469 e. The number of aromatic nitrogens is 2. The molecule has 2 heterocycles. The monoisotopic (exact) mass is 248 g/mol. The van der Waals surface area contributed by atoms with E-state index in [2.05, 4.69) is 12.0 Å². The van der Waals surface area contributed by atoms with Crippen molar-refractivity contribution in [3.63, 3.8) is 0 Å². The van der Waals surface area contributed by atoms with Crippen LogP contribution in [0, 0.1) is 6.92 Å². The van der Waals surface area contributed by atoms with Crippen molar-refractivity contribution in [3.8, 4) is 0 Å². The lowest BCUT2D eigenvalue weighted by Crippen LogP contribution is -2.09. The SMILES string of the molecule is CCc1occc1C(O)Cc1cc(C)nn1CC. The van der Waals surface area contributed by atoms with Gasteiger partial charge in [0.1, 0.15) is 5.76 Å². The molecule has 0 spiro atoms. The molecule has 4 nitrogen and oxygen atoms in total. The third-order valence-corrected chi connectivity index (χ3v) is 3.15. The Kier molecular flexibility index (Phi) is 3.87. The maximum atomic E-state index is 10.3. The second-order valence-electron chi connectivity index (χ2n) is 4.47. The molecule has 0 bridgehead atoms. The molecular weight excluding hydrogens is 228 g/mol. The molecule has 4 heteroatoms. The number of furan rings is 1. The van der Waals surface area contributed by atoms with Gasteiger partial charge in [-0.15, -0.1) is 0 Å². The predicted molar refractivity (Wildman–Crippen MR) is 69.4 cm³/mol. The van der Waals surface area contributed by atoms with E-state index in [1.807, 2.05) is 30.7 Å². The van der Waals surface area contributed by atoms with Crippen molar-refractivity contribution in [1.29, 1.82) is 0 Å². The molecule has 0 aromatic carbocycles. The van der Waals surface area contributed by atoms with Gasteiger partial charge in [-0.2, -0.15) is 5.10 Å². The average Bonchev–Trinajstić information content (AvgIpc) is 2.95. The first-order valence-electron chi connectivity index (χ1n) is 6.43. The minimum absolute atomic E-state index is 0.528. The fourth-order valence-electron chi connectivity index (χ4n) is 2.28. The molecule has 0 aliphatic rings. The molecule has 2 aromatic heterocycles. The van der Waals surface area contributed by atoms with Gasteiger partial charge in [-0.1, -0.05) is 6.92 Å². The number of rotatable bonds is 5. The van der Waals surface area contributed by atoms with Crippen LogP contribution in [-0.4, -0.2) is 14.9 Å². The van der Waals surface area contributed by atoms with Crippen LogP contribution in [-0.2, 0) is 19.4 Å². The van der Waals surface area contributed by atoms with Crippen molar-refractivity contribution in [2.75, 3.05) is 0 Å². The predicted octanol–water partition coefficient (Wildman–Crippen LogP) is 2.64. The highest BCUT2D eigenvalue weighted by molar-refractivity contribution is 5.22. The van der Waals surface area contributed by atoms with Gasteiger partial charge in [-0.05, 0) is 26.0 Å². The molecule has 98 valence electrons. The first kappa shape index (κ1) is 12.9. The van der Waals surface area contributed by atoms with E-state index in [1.165, 1.54) is 0 Å². The largest absolute Gasteiger partial charge is 0.469 e. The number of hydrogen-bond acceptors (Lipinski definition) is 3. The molecule has 0 radical (unpaired) electrons. The minimum atomic E-state index is -0.528. The summed E-state index contributed by atoms with van der Waals surface area (Å²) in [5.74, 6) is 0.863. The molecular formula is C14H20N2O2. The van der Waals surface area contributed by atoms with E-state index in [4.69, 9.17) is 4.42 Å². The first-order chi connectivity index (χ1) is 8.65. The number of aryl methyl sites for hydroxylation is 3. The van der Waals surface area contributed by atoms with Crippen LogP contribution < -0.4 is 0 Å². The Balaban J connectivity index is 2.18. The molecule has 1 N–H and O–H groups in total. The molecule has 1 atom stereocenters. The van der Waals surface area contributed by atoms with E-state index in [-0.39, 0.29) is 0 Å². The summed E-state index contributed by atoms with van der Waals surface area (Å²) in [7, 11) is 0. The van der Waals surface area contributed by atoms with Crippen LogP contribution in [0.15, 0.2) is 22.8 Å². The normalized spacial score (nSPS) is 12.9. The van der Waals surface area contributed by atoms with Gasteiger partial charge in [0.15, 0.2) is 0 Å². The highest BCUT2D eigenvalue weighted by Crippen LogP contribution is 2.23. The summed E-state index contributed by atoms with van der Waals surface area (Å²) in [6.07, 6.45) is 2.48.